The summed E-state index contributed by atoms with van der Waals surface area (Å²) >= 11 is 5.82. The Bertz CT molecular complexity index is 745. The van der Waals surface area contributed by atoms with Crippen molar-refractivity contribution in [1.82, 2.24) is 9.78 Å². The first kappa shape index (κ1) is 18.0. The molecule has 7 heteroatoms. The summed E-state index contributed by atoms with van der Waals surface area (Å²) in [5.41, 5.74) is 0.413. The third kappa shape index (κ3) is 4.35. The van der Waals surface area contributed by atoms with Crippen molar-refractivity contribution in [3.05, 3.63) is 46.6 Å². The first-order valence-electron chi connectivity index (χ1n) is 7.34. The number of esters is 2. The average Bonchev–Trinajstić information content (AvgIpc) is 2.90. The minimum atomic E-state index is -0.526. The fraction of sp³-hybridized carbons (Fsp3) is 0.353. The lowest BCUT2D eigenvalue weighted by atomic mass is 10.1. The van der Waals surface area contributed by atoms with E-state index in [1.165, 1.54) is 7.11 Å². The number of carbonyl (C=O) groups excluding carboxylic acids is 2. The maximum atomic E-state index is 12.3. The Morgan fingerprint density at radius 3 is 2.38 bits per heavy atom. The molecule has 1 heterocycles. The molecule has 6 nitrogen and oxygen atoms in total. The minimum Gasteiger partial charge on any atom is -0.469 e. The van der Waals surface area contributed by atoms with Gasteiger partial charge in [-0.15, -0.1) is 0 Å². The van der Waals surface area contributed by atoms with Gasteiger partial charge in [0.15, 0.2) is 0 Å². The summed E-state index contributed by atoms with van der Waals surface area (Å²) in [6.45, 7) is 5.75. The molecule has 0 amide bonds. The number of benzene rings is 1. The molecule has 2 rings (SSSR count). The molecular weight excluding hydrogens is 332 g/mol. The van der Waals surface area contributed by atoms with Crippen LogP contribution in [-0.4, -0.2) is 28.8 Å². The monoisotopic (exact) mass is 350 g/mol. The highest BCUT2D eigenvalue weighted by molar-refractivity contribution is 6.30. The molecule has 0 bridgehead atoms. The standard InChI is InChI=1S/C17H19ClN2O4/c1-17(2,3)20-14(9-13(19-20)10-15(21)23-4)24-16(22)11-5-7-12(18)8-6-11/h5-9H,10H2,1-4H3. The molecule has 0 saturated heterocycles. The van der Waals surface area contributed by atoms with Crippen LogP contribution in [-0.2, 0) is 21.5 Å². The van der Waals surface area contributed by atoms with Crippen LogP contribution in [0.3, 0.4) is 0 Å². The van der Waals surface area contributed by atoms with Crippen molar-refractivity contribution in [1.29, 1.82) is 0 Å². The van der Waals surface area contributed by atoms with Gasteiger partial charge in [0.05, 0.1) is 30.3 Å². The van der Waals surface area contributed by atoms with E-state index < -0.39 is 17.5 Å². The Kier molecular flexibility index (Phi) is 5.29. The van der Waals surface area contributed by atoms with Crippen molar-refractivity contribution in [2.75, 3.05) is 7.11 Å². The van der Waals surface area contributed by atoms with E-state index in [0.29, 0.717) is 16.3 Å². The van der Waals surface area contributed by atoms with Crippen LogP contribution in [0.2, 0.25) is 5.02 Å². The van der Waals surface area contributed by atoms with Gasteiger partial charge in [-0.05, 0) is 45.0 Å². The van der Waals surface area contributed by atoms with E-state index in [4.69, 9.17) is 16.3 Å². The van der Waals surface area contributed by atoms with Gasteiger partial charge >= 0.3 is 11.9 Å². The van der Waals surface area contributed by atoms with E-state index in [1.54, 1.807) is 35.0 Å². The third-order valence-electron chi connectivity index (χ3n) is 3.19. The molecule has 0 aliphatic heterocycles. The van der Waals surface area contributed by atoms with E-state index in [0.717, 1.165) is 0 Å². The van der Waals surface area contributed by atoms with E-state index in [-0.39, 0.29) is 12.3 Å². The van der Waals surface area contributed by atoms with Crippen LogP contribution in [0.15, 0.2) is 30.3 Å². The third-order valence-corrected chi connectivity index (χ3v) is 3.44. The largest absolute Gasteiger partial charge is 0.469 e. The molecule has 0 unspecified atom stereocenters. The van der Waals surface area contributed by atoms with Crippen LogP contribution in [0.1, 0.15) is 36.8 Å². The SMILES string of the molecule is COC(=O)Cc1cc(OC(=O)c2ccc(Cl)cc2)n(C(C)(C)C)n1. The molecule has 24 heavy (non-hydrogen) atoms. The second-order valence-electron chi connectivity index (χ2n) is 6.21. The minimum absolute atomic E-state index is 0.00504. The molecule has 0 radical (unpaired) electrons. The lowest BCUT2D eigenvalue weighted by molar-refractivity contribution is -0.139. The van der Waals surface area contributed by atoms with Crippen LogP contribution in [0.4, 0.5) is 0 Å². The van der Waals surface area contributed by atoms with Crippen LogP contribution < -0.4 is 4.74 Å². The Labute approximate surface area is 145 Å². The van der Waals surface area contributed by atoms with Crippen LogP contribution in [0, 0.1) is 0 Å². The summed E-state index contributed by atoms with van der Waals surface area (Å²) in [5, 5.41) is 4.88. The Balaban J connectivity index is 2.28. The number of hydrogen-bond donors (Lipinski definition) is 0. The zero-order valence-corrected chi connectivity index (χ0v) is 14.8. The summed E-state index contributed by atoms with van der Waals surface area (Å²) in [6, 6.07) is 7.95. The lowest BCUT2D eigenvalue weighted by Crippen LogP contribution is -2.25. The number of hydrogen-bond acceptors (Lipinski definition) is 5. The van der Waals surface area contributed by atoms with E-state index in [2.05, 4.69) is 9.84 Å². The molecule has 1 aromatic carbocycles. The highest BCUT2D eigenvalue weighted by Gasteiger charge is 2.23. The van der Waals surface area contributed by atoms with Crippen molar-refractivity contribution in [3.63, 3.8) is 0 Å². The molecular formula is C17H19ClN2O4. The first-order chi connectivity index (χ1) is 11.2. The van der Waals surface area contributed by atoms with Crippen molar-refractivity contribution in [2.24, 2.45) is 0 Å². The zero-order chi connectivity index (χ0) is 17.9. The fourth-order valence-corrected chi connectivity index (χ4v) is 2.14. The van der Waals surface area contributed by atoms with E-state index >= 15 is 0 Å². The fourth-order valence-electron chi connectivity index (χ4n) is 2.01. The van der Waals surface area contributed by atoms with Gasteiger partial charge in [0.2, 0.25) is 5.88 Å². The number of aromatic nitrogens is 2. The number of halogens is 1. The quantitative estimate of drug-likeness (QED) is 0.792. The molecule has 2 aromatic rings. The van der Waals surface area contributed by atoms with Gasteiger partial charge in [-0.2, -0.15) is 5.10 Å². The summed E-state index contributed by atoms with van der Waals surface area (Å²) in [5.74, 6) is -0.674. The number of methoxy groups -OCH3 is 1. The summed E-state index contributed by atoms with van der Waals surface area (Å²) < 4.78 is 11.7. The maximum Gasteiger partial charge on any atom is 0.344 e. The summed E-state index contributed by atoms with van der Waals surface area (Å²) in [4.78, 5) is 23.7. The molecule has 0 atom stereocenters. The molecule has 0 N–H and O–H groups in total. The van der Waals surface area contributed by atoms with Crippen molar-refractivity contribution in [2.45, 2.75) is 32.7 Å². The maximum absolute atomic E-state index is 12.3. The van der Waals surface area contributed by atoms with Crippen LogP contribution >= 0.6 is 11.6 Å². The van der Waals surface area contributed by atoms with Gasteiger partial charge in [0.1, 0.15) is 0 Å². The summed E-state index contributed by atoms with van der Waals surface area (Å²) in [6.07, 6.45) is 0.00504. The van der Waals surface area contributed by atoms with Gasteiger partial charge in [0, 0.05) is 11.1 Å². The smallest absolute Gasteiger partial charge is 0.344 e. The molecule has 0 aliphatic carbocycles. The van der Waals surface area contributed by atoms with Gasteiger partial charge < -0.3 is 9.47 Å². The molecule has 0 aliphatic rings. The normalized spacial score (nSPS) is 11.2. The Hall–Kier alpha value is -2.34. The molecule has 0 saturated carbocycles. The highest BCUT2D eigenvalue weighted by Crippen LogP contribution is 2.24. The predicted octanol–water partition coefficient (Wildman–Crippen LogP) is 3.23. The first-order valence-corrected chi connectivity index (χ1v) is 7.72. The molecule has 128 valence electrons. The van der Waals surface area contributed by atoms with Gasteiger partial charge in [-0.25, -0.2) is 9.48 Å². The van der Waals surface area contributed by atoms with E-state index in [9.17, 15) is 9.59 Å². The van der Waals surface area contributed by atoms with Crippen LogP contribution in [0.25, 0.3) is 0 Å². The Morgan fingerprint density at radius 1 is 1.21 bits per heavy atom. The zero-order valence-electron chi connectivity index (χ0n) is 14.0. The van der Waals surface area contributed by atoms with Crippen molar-refractivity contribution < 1.29 is 19.1 Å². The molecule has 1 aromatic heterocycles. The van der Waals surface area contributed by atoms with E-state index in [1.807, 2.05) is 20.8 Å². The van der Waals surface area contributed by atoms with Crippen molar-refractivity contribution >= 4 is 23.5 Å². The second kappa shape index (κ2) is 7.05. The second-order valence-corrected chi connectivity index (χ2v) is 6.64. The topological polar surface area (TPSA) is 70.4 Å². The van der Waals surface area contributed by atoms with Crippen LogP contribution in [0.5, 0.6) is 5.88 Å². The van der Waals surface area contributed by atoms with Gasteiger partial charge in [0.25, 0.3) is 0 Å². The lowest BCUT2D eigenvalue weighted by Gasteiger charge is -2.21. The Morgan fingerprint density at radius 2 is 1.83 bits per heavy atom. The number of nitrogens with zero attached hydrogens (tertiary/aromatic N) is 2. The average molecular weight is 351 g/mol. The predicted molar refractivity (Wildman–Crippen MR) is 89.4 cm³/mol. The molecule has 0 spiro atoms. The van der Waals surface area contributed by atoms with Gasteiger partial charge in [-0.3, -0.25) is 4.79 Å². The summed E-state index contributed by atoms with van der Waals surface area (Å²) in [7, 11) is 1.31. The number of ether oxygens (including phenoxy) is 2. The van der Waals surface area contributed by atoms with Gasteiger partial charge in [-0.1, -0.05) is 11.6 Å². The number of carbonyl (C=O) groups is 2. The highest BCUT2D eigenvalue weighted by atomic mass is 35.5. The molecule has 0 fully saturated rings. The number of rotatable bonds is 4. The van der Waals surface area contributed by atoms with Crippen molar-refractivity contribution in [3.8, 4) is 5.88 Å².